The first kappa shape index (κ1) is 12.9. The van der Waals surface area contributed by atoms with Gasteiger partial charge in [0, 0.05) is 9.26 Å². The van der Waals surface area contributed by atoms with Crippen molar-refractivity contribution in [2.24, 2.45) is 0 Å². The Morgan fingerprint density at radius 2 is 2.11 bits per heavy atom. The highest BCUT2D eigenvalue weighted by atomic mass is 127. The Morgan fingerprint density at radius 3 is 2.78 bits per heavy atom. The molecule has 0 unspecified atom stereocenters. The van der Waals surface area contributed by atoms with Crippen LogP contribution in [0, 0.1) is 16.3 Å². The van der Waals surface area contributed by atoms with Crippen LogP contribution in [-0.4, -0.2) is 10.9 Å². The summed E-state index contributed by atoms with van der Waals surface area (Å²) in [6.45, 7) is 1.84. The lowest BCUT2D eigenvalue weighted by atomic mass is 10.2. The molecule has 0 saturated carbocycles. The Bertz CT molecular complexity index is 601. The van der Waals surface area contributed by atoms with Crippen LogP contribution in [0.15, 0.2) is 36.4 Å². The molecule has 0 saturated heterocycles. The molecule has 0 spiro atoms. The van der Waals surface area contributed by atoms with Crippen molar-refractivity contribution in [1.29, 1.82) is 0 Å². The van der Waals surface area contributed by atoms with Crippen LogP contribution < -0.4 is 5.32 Å². The SMILES string of the molecule is Cc1cccc(NC(=O)c2ccc(F)cc2I)n1. The average molecular weight is 356 g/mol. The number of amides is 1. The number of carbonyl (C=O) groups is 1. The van der Waals surface area contributed by atoms with Gasteiger partial charge in [-0.1, -0.05) is 6.07 Å². The zero-order chi connectivity index (χ0) is 13.1. The molecule has 0 atom stereocenters. The number of pyridine rings is 1. The molecule has 5 heteroatoms. The van der Waals surface area contributed by atoms with Crippen LogP contribution in [0.5, 0.6) is 0 Å². The van der Waals surface area contributed by atoms with Crippen molar-refractivity contribution < 1.29 is 9.18 Å². The van der Waals surface area contributed by atoms with E-state index in [2.05, 4.69) is 10.3 Å². The van der Waals surface area contributed by atoms with Gasteiger partial charge in [0.2, 0.25) is 0 Å². The standard InChI is InChI=1S/C13H10FIN2O/c1-8-3-2-4-12(16-8)17-13(18)10-6-5-9(14)7-11(10)15/h2-7H,1H3,(H,16,17,18). The van der Waals surface area contributed by atoms with Crippen LogP contribution in [0.25, 0.3) is 0 Å². The predicted molar refractivity (Wildman–Crippen MR) is 76.0 cm³/mol. The van der Waals surface area contributed by atoms with Gasteiger partial charge in [0.25, 0.3) is 5.91 Å². The zero-order valence-electron chi connectivity index (χ0n) is 9.58. The molecule has 1 N–H and O–H groups in total. The molecule has 92 valence electrons. The monoisotopic (exact) mass is 356 g/mol. The average Bonchev–Trinajstić information content (AvgIpc) is 2.28. The molecular weight excluding hydrogens is 346 g/mol. The molecule has 2 rings (SSSR count). The molecule has 1 aromatic heterocycles. The van der Waals surface area contributed by atoms with Gasteiger partial charge in [0.05, 0.1) is 5.56 Å². The van der Waals surface area contributed by atoms with E-state index in [-0.39, 0.29) is 11.7 Å². The van der Waals surface area contributed by atoms with Crippen molar-refractivity contribution in [3.8, 4) is 0 Å². The van der Waals surface area contributed by atoms with Crippen LogP contribution in [0.4, 0.5) is 10.2 Å². The number of benzene rings is 1. The Labute approximate surface area is 118 Å². The Hall–Kier alpha value is -1.50. The third kappa shape index (κ3) is 3.04. The van der Waals surface area contributed by atoms with Crippen molar-refractivity contribution >= 4 is 34.3 Å². The van der Waals surface area contributed by atoms with E-state index in [1.54, 1.807) is 6.07 Å². The summed E-state index contributed by atoms with van der Waals surface area (Å²) >= 11 is 1.93. The molecule has 18 heavy (non-hydrogen) atoms. The third-order valence-electron chi connectivity index (χ3n) is 2.31. The maximum absolute atomic E-state index is 12.9. The Kier molecular flexibility index (Phi) is 3.90. The highest BCUT2D eigenvalue weighted by Gasteiger charge is 2.11. The van der Waals surface area contributed by atoms with Crippen molar-refractivity contribution in [1.82, 2.24) is 4.98 Å². The third-order valence-corrected chi connectivity index (χ3v) is 3.20. The second-order valence-electron chi connectivity index (χ2n) is 3.74. The predicted octanol–water partition coefficient (Wildman–Crippen LogP) is 3.39. The van der Waals surface area contributed by atoms with Gasteiger partial charge in [-0.2, -0.15) is 0 Å². The van der Waals surface area contributed by atoms with Crippen LogP contribution in [0.2, 0.25) is 0 Å². The van der Waals surface area contributed by atoms with Crippen molar-refractivity contribution in [3.63, 3.8) is 0 Å². The van der Waals surface area contributed by atoms with Gasteiger partial charge in [0.15, 0.2) is 0 Å². The number of rotatable bonds is 2. The highest BCUT2D eigenvalue weighted by molar-refractivity contribution is 14.1. The Balaban J connectivity index is 2.22. The minimum Gasteiger partial charge on any atom is -0.307 e. The number of aromatic nitrogens is 1. The number of aryl methyl sites for hydroxylation is 1. The van der Waals surface area contributed by atoms with Gasteiger partial charge in [-0.3, -0.25) is 4.79 Å². The lowest BCUT2D eigenvalue weighted by Crippen LogP contribution is -2.14. The summed E-state index contributed by atoms with van der Waals surface area (Å²) in [5.41, 5.74) is 1.25. The van der Waals surface area contributed by atoms with Crippen molar-refractivity contribution in [2.45, 2.75) is 6.92 Å². The molecule has 0 aliphatic heterocycles. The molecule has 0 aliphatic carbocycles. The minimum absolute atomic E-state index is 0.294. The topological polar surface area (TPSA) is 42.0 Å². The second-order valence-corrected chi connectivity index (χ2v) is 4.90. The molecule has 1 heterocycles. The van der Waals surface area contributed by atoms with E-state index < -0.39 is 0 Å². The van der Waals surface area contributed by atoms with Crippen LogP contribution in [0.3, 0.4) is 0 Å². The normalized spacial score (nSPS) is 10.2. The van der Waals surface area contributed by atoms with E-state index in [0.29, 0.717) is 15.0 Å². The van der Waals surface area contributed by atoms with Gasteiger partial charge in [-0.25, -0.2) is 9.37 Å². The van der Waals surface area contributed by atoms with Gasteiger partial charge < -0.3 is 5.32 Å². The first-order chi connectivity index (χ1) is 8.56. The van der Waals surface area contributed by atoms with Gasteiger partial charge >= 0.3 is 0 Å². The van der Waals surface area contributed by atoms with E-state index in [1.807, 2.05) is 41.6 Å². The molecule has 3 nitrogen and oxygen atoms in total. The molecular formula is C13H10FIN2O. The molecule has 0 bridgehead atoms. The summed E-state index contributed by atoms with van der Waals surface area (Å²) in [5, 5.41) is 2.68. The summed E-state index contributed by atoms with van der Waals surface area (Å²) in [6.07, 6.45) is 0. The fraction of sp³-hybridized carbons (Fsp3) is 0.0769. The fourth-order valence-electron chi connectivity index (χ4n) is 1.47. The summed E-state index contributed by atoms with van der Waals surface area (Å²) < 4.78 is 13.5. The smallest absolute Gasteiger partial charge is 0.257 e. The van der Waals surface area contributed by atoms with Gasteiger partial charge in [-0.05, 0) is 59.8 Å². The van der Waals surface area contributed by atoms with E-state index >= 15 is 0 Å². The van der Waals surface area contributed by atoms with Crippen molar-refractivity contribution in [3.05, 3.63) is 57.0 Å². The van der Waals surface area contributed by atoms with Gasteiger partial charge in [-0.15, -0.1) is 0 Å². The molecule has 0 aliphatic rings. The fourth-order valence-corrected chi connectivity index (χ4v) is 2.19. The second kappa shape index (κ2) is 5.43. The Morgan fingerprint density at radius 1 is 1.33 bits per heavy atom. The number of nitrogens with zero attached hydrogens (tertiary/aromatic N) is 1. The molecule has 1 aromatic carbocycles. The van der Waals surface area contributed by atoms with Crippen LogP contribution in [-0.2, 0) is 0 Å². The van der Waals surface area contributed by atoms with E-state index in [1.165, 1.54) is 18.2 Å². The minimum atomic E-state index is -0.357. The number of anilines is 1. The van der Waals surface area contributed by atoms with E-state index in [0.717, 1.165) is 5.69 Å². The van der Waals surface area contributed by atoms with E-state index in [4.69, 9.17) is 0 Å². The maximum atomic E-state index is 12.9. The largest absolute Gasteiger partial charge is 0.307 e. The van der Waals surface area contributed by atoms with Gasteiger partial charge in [0.1, 0.15) is 11.6 Å². The molecule has 2 aromatic rings. The molecule has 0 radical (unpaired) electrons. The quantitative estimate of drug-likeness (QED) is 0.839. The highest BCUT2D eigenvalue weighted by Crippen LogP contribution is 2.15. The lowest BCUT2D eigenvalue weighted by Gasteiger charge is -2.06. The molecule has 1 amide bonds. The zero-order valence-corrected chi connectivity index (χ0v) is 11.7. The number of nitrogens with one attached hydrogen (secondary N) is 1. The van der Waals surface area contributed by atoms with Crippen LogP contribution >= 0.6 is 22.6 Å². The van der Waals surface area contributed by atoms with Crippen LogP contribution in [0.1, 0.15) is 16.1 Å². The summed E-state index contributed by atoms with van der Waals surface area (Å²) in [6, 6.07) is 9.41. The van der Waals surface area contributed by atoms with E-state index in [9.17, 15) is 9.18 Å². The molecule has 0 fully saturated rings. The van der Waals surface area contributed by atoms with Crippen molar-refractivity contribution in [2.75, 3.05) is 5.32 Å². The summed E-state index contributed by atoms with van der Waals surface area (Å²) in [7, 11) is 0. The maximum Gasteiger partial charge on any atom is 0.257 e. The first-order valence-corrected chi connectivity index (χ1v) is 6.34. The number of hydrogen-bond acceptors (Lipinski definition) is 2. The first-order valence-electron chi connectivity index (χ1n) is 5.26. The number of carbonyl (C=O) groups excluding carboxylic acids is 1. The summed E-state index contributed by atoms with van der Waals surface area (Å²) in [5.74, 6) is -0.165. The summed E-state index contributed by atoms with van der Waals surface area (Å²) in [4.78, 5) is 16.2. The lowest BCUT2D eigenvalue weighted by molar-refractivity contribution is 0.102. The number of halogens is 2. The number of hydrogen-bond donors (Lipinski definition) is 1.